The van der Waals surface area contributed by atoms with Gasteiger partial charge in [0.15, 0.2) is 5.82 Å². The van der Waals surface area contributed by atoms with E-state index in [9.17, 15) is 0 Å². The molecule has 4 rings (SSSR count). The molecule has 0 saturated heterocycles. The highest BCUT2D eigenvalue weighted by molar-refractivity contribution is 8.93. The van der Waals surface area contributed by atoms with Gasteiger partial charge in [-0.1, -0.05) is 60.7 Å². The standard InChI is InChI=1S/C20H17N3OS.BrH/c24-14-13-21-20-22-19(23(25-20)16-9-2-1-3-10-16)18-12-6-8-15-7-4-5-11-17(15)18;/h1-12,24H,13-14H2;1H. The van der Waals surface area contributed by atoms with Gasteiger partial charge in [0.25, 0.3) is 0 Å². The Bertz CT molecular complexity index is 1070. The summed E-state index contributed by atoms with van der Waals surface area (Å²) in [7, 11) is 0. The van der Waals surface area contributed by atoms with Crippen molar-refractivity contribution in [2.45, 2.75) is 0 Å². The number of benzene rings is 3. The number of aromatic nitrogens is 2. The number of aliphatic hydroxyl groups is 1. The van der Waals surface area contributed by atoms with E-state index < -0.39 is 0 Å². The highest BCUT2D eigenvalue weighted by atomic mass is 79.9. The van der Waals surface area contributed by atoms with E-state index in [4.69, 9.17) is 10.1 Å². The lowest BCUT2D eigenvalue weighted by Gasteiger charge is -2.09. The Labute approximate surface area is 166 Å². The monoisotopic (exact) mass is 427 g/mol. The Morgan fingerprint density at radius 2 is 1.65 bits per heavy atom. The third-order valence-electron chi connectivity index (χ3n) is 3.94. The lowest BCUT2D eigenvalue weighted by atomic mass is 10.0. The summed E-state index contributed by atoms with van der Waals surface area (Å²) >= 11 is 1.48. The summed E-state index contributed by atoms with van der Waals surface area (Å²) in [5.74, 6) is 0.865. The predicted octanol–water partition coefficient (Wildman–Crippen LogP) is 4.22. The molecule has 0 spiro atoms. The van der Waals surface area contributed by atoms with Crippen molar-refractivity contribution in [3.8, 4) is 17.1 Å². The molecule has 0 saturated carbocycles. The number of nitrogens with zero attached hydrogens (tertiary/aromatic N) is 3. The van der Waals surface area contributed by atoms with Crippen LogP contribution in [0.15, 0.2) is 77.8 Å². The van der Waals surface area contributed by atoms with Crippen molar-refractivity contribution in [2.24, 2.45) is 4.99 Å². The summed E-state index contributed by atoms with van der Waals surface area (Å²) < 4.78 is 2.10. The van der Waals surface area contributed by atoms with Crippen molar-refractivity contribution >= 4 is 39.3 Å². The van der Waals surface area contributed by atoms with Gasteiger partial charge in [-0.2, -0.15) is 4.98 Å². The number of hydrogen-bond acceptors (Lipinski definition) is 4. The summed E-state index contributed by atoms with van der Waals surface area (Å²) in [6, 6.07) is 24.7. The molecule has 4 aromatic rings. The number of aliphatic hydroxyl groups excluding tert-OH is 1. The van der Waals surface area contributed by atoms with Gasteiger partial charge < -0.3 is 5.11 Å². The summed E-state index contributed by atoms with van der Waals surface area (Å²) in [5, 5.41) is 11.4. The number of fused-ring (bicyclic) bond motifs is 1. The van der Waals surface area contributed by atoms with E-state index in [-0.39, 0.29) is 23.6 Å². The third-order valence-corrected chi connectivity index (χ3v) is 4.89. The zero-order valence-corrected chi connectivity index (χ0v) is 16.5. The quantitative estimate of drug-likeness (QED) is 0.529. The van der Waals surface area contributed by atoms with Crippen molar-refractivity contribution in [3.05, 3.63) is 77.6 Å². The van der Waals surface area contributed by atoms with Crippen LogP contribution in [0.25, 0.3) is 27.8 Å². The van der Waals surface area contributed by atoms with Crippen LogP contribution in [0.3, 0.4) is 0 Å². The van der Waals surface area contributed by atoms with Gasteiger partial charge in [-0.05, 0) is 34.4 Å². The maximum atomic E-state index is 9.06. The van der Waals surface area contributed by atoms with Crippen LogP contribution >= 0.6 is 28.5 Å². The molecule has 26 heavy (non-hydrogen) atoms. The van der Waals surface area contributed by atoms with Crippen LogP contribution in [-0.2, 0) is 0 Å². The zero-order chi connectivity index (χ0) is 17.1. The van der Waals surface area contributed by atoms with Gasteiger partial charge in [0.1, 0.15) is 0 Å². The first kappa shape index (κ1) is 18.5. The molecule has 0 amide bonds. The topological polar surface area (TPSA) is 50.4 Å². The summed E-state index contributed by atoms with van der Waals surface area (Å²) in [6.07, 6.45) is 0. The normalized spacial score (nSPS) is 11.5. The summed E-state index contributed by atoms with van der Waals surface area (Å²) in [5.41, 5.74) is 2.12. The minimum absolute atomic E-state index is 0. The van der Waals surface area contributed by atoms with E-state index in [2.05, 4.69) is 51.4 Å². The summed E-state index contributed by atoms with van der Waals surface area (Å²) in [4.78, 5) is 9.79. The molecule has 3 aromatic carbocycles. The number of para-hydroxylation sites is 1. The SMILES string of the molecule is Br.OCCN=c1nc(-c2cccc3ccccc23)n(-c2ccccc2)s1. The number of rotatable bonds is 4. The second kappa shape index (κ2) is 8.40. The number of halogens is 1. The van der Waals surface area contributed by atoms with Crippen LogP contribution in [0.1, 0.15) is 0 Å². The fraction of sp³-hybridized carbons (Fsp3) is 0.100. The average Bonchev–Trinajstić information content (AvgIpc) is 3.10. The molecular weight excluding hydrogens is 410 g/mol. The molecule has 0 aliphatic carbocycles. The van der Waals surface area contributed by atoms with E-state index in [1.807, 2.05) is 30.3 Å². The van der Waals surface area contributed by atoms with Gasteiger partial charge in [-0.25, -0.2) is 3.96 Å². The first-order valence-electron chi connectivity index (χ1n) is 8.12. The van der Waals surface area contributed by atoms with E-state index in [1.165, 1.54) is 16.9 Å². The number of hydrogen-bond donors (Lipinski definition) is 1. The van der Waals surface area contributed by atoms with Crippen molar-refractivity contribution in [3.63, 3.8) is 0 Å². The lowest BCUT2D eigenvalue weighted by Crippen LogP contribution is -2.01. The largest absolute Gasteiger partial charge is 0.394 e. The maximum absolute atomic E-state index is 9.06. The van der Waals surface area contributed by atoms with Crippen LogP contribution in [0, 0.1) is 0 Å². The molecule has 0 unspecified atom stereocenters. The molecule has 4 nitrogen and oxygen atoms in total. The molecule has 0 aliphatic heterocycles. The van der Waals surface area contributed by atoms with E-state index in [0.717, 1.165) is 22.5 Å². The van der Waals surface area contributed by atoms with Gasteiger partial charge in [0.05, 0.1) is 18.8 Å². The first-order chi connectivity index (χ1) is 12.4. The summed E-state index contributed by atoms with van der Waals surface area (Å²) in [6.45, 7) is 0.381. The van der Waals surface area contributed by atoms with Crippen molar-refractivity contribution in [1.29, 1.82) is 0 Å². The van der Waals surface area contributed by atoms with Gasteiger partial charge in [-0.3, -0.25) is 4.99 Å². The Kier molecular flexibility index (Phi) is 5.98. The van der Waals surface area contributed by atoms with Crippen molar-refractivity contribution < 1.29 is 5.11 Å². The minimum Gasteiger partial charge on any atom is -0.394 e. The van der Waals surface area contributed by atoms with E-state index in [0.29, 0.717) is 11.3 Å². The molecule has 1 aromatic heterocycles. The smallest absolute Gasteiger partial charge is 0.223 e. The Hall–Kier alpha value is -2.28. The van der Waals surface area contributed by atoms with Crippen LogP contribution in [0.4, 0.5) is 0 Å². The highest BCUT2D eigenvalue weighted by Crippen LogP contribution is 2.29. The maximum Gasteiger partial charge on any atom is 0.223 e. The van der Waals surface area contributed by atoms with Crippen LogP contribution < -0.4 is 4.80 Å². The van der Waals surface area contributed by atoms with Crippen molar-refractivity contribution in [1.82, 2.24) is 8.94 Å². The molecule has 6 heteroatoms. The molecule has 0 aliphatic rings. The molecule has 0 radical (unpaired) electrons. The Balaban J connectivity index is 0.00000196. The zero-order valence-electron chi connectivity index (χ0n) is 13.9. The highest BCUT2D eigenvalue weighted by Gasteiger charge is 2.13. The molecule has 0 fully saturated rings. The fourth-order valence-corrected chi connectivity index (χ4v) is 3.71. The predicted molar refractivity (Wildman–Crippen MR) is 112 cm³/mol. The van der Waals surface area contributed by atoms with Gasteiger partial charge in [0, 0.05) is 5.56 Å². The van der Waals surface area contributed by atoms with Gasteiger partial charge in [-0.15, -0.1) is 17.0 Å². The Morgan fingerprint density at radius 1 is 0.923 bits per heavy atom. The van der Waals surface area contributed by atoms with E-state index >= 15 is 0 Å². The van der Waals surface area contributed by atoms with Crippen molar-refractivity contribution in [2.75, 3.05) is 13.2 Å². The minimum atomic E-state index is 0. The molecular formula is C20H18BrN3OS. The Morgan fingerprint density at radius 3 is 2.46 bits per heavy atom. The van der Waals surface area contributed by atoms with Gasteiger partial charge >= 0.3 is 0 Å². The van der Waals surface area contributed by atoms with E-state index in [1.54, 1.807) is 0 Å². The lowest BCUT2D eigenvalue weighted by molar-refractivity contribution is 0.305. The second-order valence-corrected chi connectivity index (χ2v) is 6.48. The van der Waals surface area contributed by atoms with Crippen LogP contribution in [0.2, 0.25) is 0 Å². The first-order valence-corrected chi connectivity index (χ1v) is 8.89. The third kappa shape index (κ3) is 3.62. The fourth-order valence-electron chi connectivity index (χ4n) is 2.82. The van der Waals surface area contributed by atoms with Crippen LogP contribution in [0.5, 0.6) is 0 Å². The van der Waals surface area contributed by atoms with Gasteiger partial charge in [0.2, 0.25) is 4.80 Å². The molecule has 1 heterocycles. The molecule has 0 bridgehead atoms. The molecule has 132 valence electrons. The molecule has 0 atom stereocenters. The molecule has 1 N–H and O–H groups in total. The van der Waals surface area contributed by atoms with Crippen LogP contribution in [-0.4, -0.2) is 27.2 Å². The second-order valence-electron chi connectivity index (χ2n) is 5.57. The average molecular weight is 428 g/mol.